The quantitative estimate of drug-likeness (QED) is 0.521. The van der Waals surface area contributed by atoms with Crippen LogP contribution in [-0.2, 0) is 6.42 Å². The molecule has 0 aliphatic carbocycles. The average molecular weight is 432 g/mol. The van der Waals surface area contributed by atoms with Gasteiger partial charge in [0, 0.05) is 25.0 Å². The topological polar surface area (TPSA) is 63.1 Å². The van der Waals surface area contributed by atoms with Crippen molar-refractivity contribution in [1.29, 1.82) is 0 Å². The first-order valence-corrected chi connectivity index (χ1v) is 11.5. The van der Waals surface area contributed by atoms with Gasteiger partial charge in [-0.2, -0.15) is 5.10 Å². The highest BCUT2D eigenvalue weighted by Crippen LogP contribution is 2.27. The number of thiophene rings is 1. The largest absolute Gasteiger partial charge is 0.347 e. The maximum Gasteiger partial charge on any atom is 0.270 e. The molecule has 5 rings (SSSR count). The van der Waals surface area contributed by atoms with Gasteiger partial charge in [0.2, 0.25) is 0 Å². The van der Waals surface area contributed by atoms with Crippen molar-refractivity contribution in [3.8, 4) is 5.69 Å². The van der Waals surface area contributed by atoms with E-state index in [1.807, 2.05) is 34.5 Å². The van der Waals surface area contributed by atoms with E-state index in [4.69, 9.17) is 0 Å². The van der Waals surface area contributed by atoms with Gasteiger partial charge in [0.1, 0.15) is 5.69 Å². The first kappa shape index (κ1) is 19.9. The minimum absolute atomic E-state index is 0.0799. The van der Waals surface area contributed by atoms with Crippen LogP contribution >= 0.6 is 11.3 Å². The summed E-state index contributed by atoms with van der Waals surface area (Å²) in [5, 5.41) is 9.51. The number of carbonyl (C=O) groups excluding carboxylic acids is 1. The van der Waals surface area contributed by atoms with Crippen molar-refractivity contribution in [2.24, 2.45) is 0 Å². The molecule has 0 spiro atoms. The molecule has 7 heteroatoms. The summed E-state index contributed by atoms with van der Waals surface area (Å²) in [7, 11) is 2.10. The molecule has 1 N–H and O–H groups in total. The molecule has 1 aliphatic heterocycles. The zero-order valence-electron chi connectivity index (χ0n) is 17.5. The smallest absolute Gasteiger partial charge is 0.270 e. The lowest BCUT2D eigenvalue weighted by Crippen LogP contribution is -2.46. The van der Waals surface area contributed by atoms with Crippen molar-refractivity contribution in [3.63, 3.8) is 0 Å². The molecule has 0 saturated carbocycles. The highest BCUT2D eigenvalue weighted by molar-refractivity contribution is 7.17. The summed E-state index contributed by atoms with van der Waals surface area (Å²) in [5.41, 5.74) is 4.75. The van der Waals surface area contributed by atoms with Crippen molar-refractivity contribution in [1.82, 2.24) is 25.0 Å². The van der Waals surface area contributed by atoms with E-state index < -0.39 is 0 Å². The standard InChI is InChI=1S/C24H25N5OS/c1-28-11-2-4-19(16-28)26-24(30)22-15-18(23-21(27-22)9-13-31-23)14-17-5-7-20(8-6-17)29-12-3-10-25-29/h3,5-10,12-13,15,19H,2,4,11,14,16H2,1H3,(H,26,30). The molecule has 1 saturated heterocycles. The van der Waals surface area contributed by atoms with Gasteiger partial charge in [-0.1, -0.05) is 12.1 Å². The van der Waals surface area contributed by atoms with Gasteiger partial charge in [-0.05, 0) is 79.7 Å². The Labute approximate surface area is 185 Å². The van der Waals surface area contributed by atoms with Crippen LogP contribution in [0.25, 0.3) is 15.9 Å². The summed E-state index contributed by atoms with van der Waals surface area (Å²) in [6.45, 7) is 1.98. The predicted molar refractivity (Wildman–Crippen MR) is 124 cm³/mol. The van der Waals surface area contributed by atoms with Crippen LogP contribution in [-0.4, -0.2) is 51.8 Å². The van der Waals surface area contributed by atoms with Crippen LogP contribution in [0.2, 0.25) is 0 Å². The Hall–Kier alpha value is -3.03. The Morgan fingerprint density at radius 2 is 2.13 bits per heavy atom. The number of amides is 1. The molecule has 3 aromatic heterocycles. The fourth-order valence-corrected chi connectivity index (χ4v) is 5.07. The van der Waals surface area contributed by atoms with Crippen LogP contribution in [0.5, 0.6) is 0 Å². The molecule has 4 heterocycles. The first-order valence-electron chi connectivity index (χ1n) is 10.6. The second kappa shape index (κ2) is 8.61. The monoisotopic (exact) mass is 431 g/mol. The summed E-state index contributed by atoms with van der Waals surface area (Å²) in [6.07, 6.45) is 6.59. The van der Waals surface area contributed by atoms with Gasteiger partial charge in [-0.3, -0.25) is 4.79 Å². The molecule has 1 fully saturated rings. The molecule has 4 aromatic rings. The normalized spacial score (nSPS) is 17.1. The van der Waals surface area contributed by atoms with E-state index in [2.05, 4.69) is 51.6 Å². The summed E-state index contributed by atoms with van der Waals surface area (Å²) in [6, 6.07) is 14.4. The zero-order chi connectivity index (χ0) is 21.2. The third-order valence-electron chi connectivity index (χ3n) is 5.78. The van der Waals surface area contributed by atoms with E-state index in [9.17, 15) is 4.79 Å². The molecule has 0 radical (unpaired) electrons. The first-order chi connectivity index (χ1) is 15.2. The second-order valence-corrected chi connectivity index (χ2v) is 9.09. The van der Waals surface area contributed by atoms with Crippen molar-refractivity contribution in [2.45, 2.75) is 25.3 Å². The predicted octanol–water partition coefficient (Wildman–Crippen LogP) is 3.90. The molecule has 0 bridgehead atoms. The van der Waals surface area contributed by atoms with Gasteiger partial charge >= 0.3 is 0 Å². The highest BCUT2D eigenvalue weighted by Gasteiger charge is 2.21. The molecule has 1 amide bonds. The fourth-order valence-electron chi connectivity index (χ4n) is 4.22. The lowest BCUT2D eigenvalue weighted by molar-refractivity contribution is 0.0907. The van der Waals surface area contributed by atoms with Crippen molar-refractivity contribution < 1.29 is 4.79 Å². The minimum Gasteiger partial charge on any atom is -0.347 e. The summed E-state index contributed by atoms with van der Waals surface area (Å²) in [5.74, 6) is -0.0799. The van der Waals surface area contributed by atoms with Crippen molar-refractivity contribution in [3.05, 3.63) is 77.1 Å². The number of rotatable bonds is 5. The van der Waals surface area contributed by atoms with Gasteiger partial charge in [0.25, 0.3) is 5.91 Å². The second-order valence-electron chi connectivity index (χ2n) is 8.17. The molecule has 1 aliphatic rings. The van der Waals surface area contributed by atoms with Gasteiger partial charge in [-0.25, -0.2) is 9.67 Å². The van der Waals surface area contributed by atoms with Crippen molar-refractivity contribution in [2.75, 3.05) is 20.1 Å². The van der Waals surface area contributed by atoms with E-state index >= 15 is 0 Å². The van der Waals surface area contributed by atoms with Crippen LogP contribution < -0.4 is 5.32 Å². The molecule has 6 nitrogen and oxygen atoms in total. The number of fused-ring (bicyclic) bond motifs is 1. The van der Waals surface area contributed by atoms with E-state index in [-0.39, 0.29) is 11.9 Å². The average Bonchev–Trinajstić information content (AvgIpc) is 3.46. The van der Waals surface area contributed by atoms with E-state index in [1.54, 1.807) is 17.5 Å². The Morgan fingerprint density at radius 1 is 1.26 bits per heavy atom. The zero-order valence-corrected chi connectivity index (χ0v) is 18.3. The Bertz CT molecular complexity index is 1180. The Morgan fingerprint density at radius 3 is 2.90 bits per heavy atom. The number of nitrogens with zero attached hydrogens (tertiary/aromatic N) is 4. The van der Waals surface area contributed by atoms with Crippen LogP contribution in [0.1, 0.15) is 34.5 Å². The molecule has 1 unspecified atom stereocenters. The van der Waals surface area contributed by atoms with Crippen LogP contribution in [0.3, 0.4) is 0 Å². The van der Waals surface area contributed by atoms with E-state index in [0.29, 0.717) is 5.69 Å². The van der Waals surface area contributed by atoms with E-state index in [1.165, 1.54) is 5.56 Å². The van der Waals surface area contributed by atoms with Crippen LogP contribution in [0.4, 0.5) is 0 Å². The maximum atomic E-state index is 13.0. The van der Waals surface area contributed by atoms with Crippen LogP contribution in [0, 0.1) is 0 Å². The number of carbonyl (C=O) groups is 1. The number of likely N-dealkylation sites (N-methyl/N-ethyl adjacent to an activating group) is 1. The Balaban J connectivity index is 1.38. The van der Waals surface area contributed by atoms with Gasteiger partial charge in [-0.15, -0.1) is 11.3 Å². The summed E-state index contributed by atoms with van der Waals surface area (Å²) >= 11 is 1.68. The maximum absolute atomic E-state index is 13.0. The Kier molecular flexibility index (Phi) is 5.53. The number of aromatic nitrogens is 3. The molecule has 1 atom stereocenters. The summed E-state index contributed by atoms with van der Waals surface area (Å²) < 4.78 is 2.99. The van der Waals surface area contributed by atoms with Crippen molar-refractivity contribution >= 4 is 27.5 Å². The lowest BCUT2D eigenvalue weighted by Gasteiger charge is -2.30. The number of hydrogen-bond acceptors (Lipinski definition) is 5. The number of hydrogen-bond donors (Lipinski definition) is 1. The fraction of sp³-hybridized carbons (Fsp3) is 0.292. The van der Waals surface area contributed by atoms with Gasteiger partial charge in [0.15, 0.2) is 0 Å². The SMILES string of the molecule is CN1CCCC(NC(=O)c2cc(Cc3ccc(-n4cccn4)cc3)c3sccc3n2)C1. The highest BCUT2D eigenvalue weighted by atomic mass is 32.1. The molecule has 31 heavy (non-hydrogen) atoms. The molecule has 158 valence electrons. The van der Waals surface area contributed by atoms with Crippen LogP contribution in [0.15, 0.2) is 60.2 Å². The van der Waals surface area contributed by atoms with E-state index in [0.717, 1.165) is 53.8 Å². The van der Waals surface area contributed by atoms with Gasteiger partial charge in [0.05, 0.1) is 15.9 Å². The lowest BCUT2D eigenvalue weighted by atomic mass is 10.0. The minimum atomic E-state index is -0.0799. The third kappa shape index (κ3) is 4.38. The molecular formula is C24H25N5OS. The number of piperidine rings is 1. The van der Waals surface area contributed by atoms with Gasteiger partial charge < -0.3 is 10.2 Å². The number of pyridine rings is 1. The third-order valence-corrected chi connectivity index (χ3v) is 6.76. The summed E-state index contributed by atoms with van der Waals surface area (Å²) in [4.78, 5) is 19.9. The number of likely N-dealkylation sites (tertiary alicyclic amines) is 1. The molecular weight excluding hydrogens is 406 g/mol. The molecule has 1 aromatic carbocycles. The number of nitrogens with one attached hydrogen (secondary N) is 1. The number of benzene rings is 1.